The van der Waals surface area contributed by atoms with Gasteiger partial charge < -0.3 is 19.5 Å². The molecule has 0 unspecified atom stereocenters. The van der Waals surface area contributed by atoms with Crippen LogP contribution in [0.2, 0.25) is 0 Å². The van der Waals surface area contributed by atoms with E-state index in [1.807, 2.05) is 48.5 Å². The Hall–Kier alpha value is -3.32. The van der Waals surface area contributed by atoms with E-state index in [4.69, 9.17) is 14.2 Å². The van der Waals surface area contributed by atoms with Gasteiger partial charge in [0.1, 0.15) is 10.6 Å². The predicted molar refractivity (Wildman–Crippen MR) is 119 cm³/mol. The fraction of sp³-hybridized carbons (Fsp3) is 0.217. The number of pyridine rings is 1. The molecule has 2 heterocycles. The summed E-state index contributed by atoms with van der Waals surface area (Å²) in [6.45, 7) is 0.523. The number of hydrogen-bond donors (Lipinski definition) is 1. The molecule has 0 aliphatic carbocycles. The topological polar surface area (TPSA) is 69.7 Å². The first-order valence-corrected chi connectivity index (χ1v) is 10.3. The summed E-state index contributed by atoms with van der Waals surface area (Å²) >= 11 is 1.40. The van der Waals surface area contributed by atoms with Crippen LogP contribution < -0.4 is 19.5 Å². The number of amides is 1. The largest absolute Gasteiger partial charge is 0.497 e. The van der Waals surface area contributed by atoms with Crippen LogP contribution in [0, 0.1) is 0 Å². The highest BCUT2D eigenvalue weighted by atomic mass is 32.1. The van der Waals surface area contributed by atoms with E-state index in [1.54, 1.807) is 21.3 Å². The molecular weight excluding hydrogens is 400 g/mol. The van der Waals surface area contributed by atoms with Gasteiger partial charge >= 0.3 is 0 Å². The summed E-state index contributed by atoms with van der Waals surface area (Å²) in [5.41, 5.74) is 1.94. The Morgan fingerprint density at radius 2 is 1.77 bits per heavy atom. The maximum atomic E-state index is 12.6. The molecule has 0 bridgehead atoms. The number of nitrogens with one attached hydrogen (secondary N) is 1. The Bertz CT molecular complexity index is 1220. The van der Waals surface area contributed by atoms with Gasteiger partial charge in [0.15, 0.2) is 11.5 Å². The molecule has 1 N–H and O–H groups in total. The molecule has 4 aromatic rings. The van der Waals surface area contributed by atoms with E-state index in [0.29, 0.717) is 29.3 Å². The summed E-state index contributed by atoms with van der Waals surface area (Å²) in [6.07, 6.45) is 0.693. The van der Waals surface area contributed by atoms with E-state index >= 15 is 0 Å². The van der Waals surface area contributed by atoms with Crippen LogP contribution in [0.4, 0.5) is 0 Å². The second-order valence-corrected chi connectivity index (χ2v) is 7.78. The van der Waals surface area contributed by atoms with Gasteiger partial charge in [-0.05, 0) is 54.4 Å². The second kappa shape index (κ2) is 8.59. The third kappa shape index (κ3) is 4.02. The summed E-state index contributed by atoms with van der Waals surface area (Å²) in [4.78, 5) is 18.8. The van der Waals surface area contributed by atoms with Crippen LogP contribution in [0.15, 0.2) is 48.5 Å². The first-order valence-electron chi connectivity index (χ1n) is 9.48. The minimum Gasteiger partial charge on any atom is -0.497 e. The Morgan fingerprint density at radius 3 is 2.53 bits per heavy atom. The van der Waals surface area contributed by atoms with Gasteiger partial charge in [-0.3, -0.25) is 4.79 Å². The van der Waals surface area contributed by atoms with Crippen LogP contribution in [-0.2, 0) is 6.42 Å². The molecule has 0 aliphatic rings. The highest BCUT2D eigenvalue weighted by Crippen LogP contribution is 2.29. The summed E-state index contributed by atoms with van der Waals surface area (Å²) < 4.78 is 15.9. The van der Waals surface area contributed by atoms with Crippen LogP contribution in [0.3, 0.4) is 0 Å². The zero-order valence-corrected chi connectivity index (χ0v) is 17.8. The van der Waals surface area contributed by atoms with Crippen molar-refractivity contribution in [2.24, 2.45) is 0 Å². The van der Waals surface area contributed by atoms with Gasteiger partial charge in [0.05, 0.1) is 31.7 Å². The monoisotopic (exact) mass is 422 g/mol. The summed E-state index contributed by atoms with van der Waals surface area (Å²) in [5.74, 6) is 2.06. The highest BCUT2D eigenvalue weighted by molar-refractivity contribution is 7.20. The summed E-state index contributed by atoms with van der Waals surface area (Å²) in [7, 11) is 4.86. The molecule has 0 spiro atoms. The summed E-state index contributed by atoms with van der Waals surface area (Å²) in [5, 5.41) is 4.92. The Labute approximate surface area is 178 Å². The van der Waals surface area contributed by atoms with Gasteiger partial charge in [-0.2, -0.15) is 0 Å². The van der Waals surface area contributed by atoms with Crippen molar-refractivity contribution in [2.45, 2.75) is 6.42 Å². The lowest BCUT2D eigenvalue weighted by Crippen LogP contribution is -2.24. The van der Waals surface area contributed by atoms with Crippen LogP contribution in [0.25, 0.3) is 21.1 Å². The fourth-order valence-corrected chi connectivity index (χ4v) is 4.23. The van der Waals surface area contributed by atoms with E-state index in [-0.39, 0.29) is 5.91 Å². The molecule has 154 valence electrons. The third-order valence-electron chi connectivity index (χ3n) is 4.88. The van der Waals surface area contributed by atoms with Crippen LogP contribution in [0.5, 0.6) is 17.2 Å². The standard InChI is InChI=1S/C23H22N2O4S/c1-27-17-5-6-18-15(12-17)11-16-13-21(30-23(16)25-18)22(26)24-9-8-14-4-7-19(28-2)20(10-14)29-3/h4-7,10-13H,8-9H2,1-3H3,(H,24,26). The molecule has 0 atom stereocenters. The summed E-state index contributed by atoms with van der Waals surface area (Å²) in [6, 6.07) is 15.4. The molecule has 0 fully saturated rings. The Morgan fingerprint density at radius 1 is 0.933 bits per heavy atom. The predicted octanol–water partition coefficient (Wildman–Crippen LogP) is 4.45. The van der Waals surface area contributed by atoms with Gasteiger partial charge in [-0.25, -0.2) is 4.98 Å². The van der Waals surface area contributed by atoms with Crippen LogP contribution in [0.1, 0.15) is 15.2 Å². The first kappa shape index (κ1) is 20.0. The molecule has 7 heteroatoms. The number of rotatable bonds is 7. The molecule has 6 nitrogen and oxygen atoms in total. The van der Waals surface area contributed by atoms with Crippen molar-refractivity contribution in [3.05, 3.63) is 59.0 Å². The van der Waals surface area contributed by atoms with E-state index in [2.05, 4.69) is 10.3 Å². The highest BCUT2D eigenvalue weighted by Gasteiger charge is 2.12. The number of thiophene rings is 1. The van der Waals surface area contributed by atoms with Crippen molar-refractivity contribution in [1.82, 2.24) is 10.3 Å². The van der Waals surface area contributed by atoms with Crippen molar-refractivity contribution in [2.75, 3.05) is 27.9 Å². The minimum absolute atomic E-state index is 0.0971. The zero-order chi connectivity index (χ0) is 21.1. The number of ether oxygens (including phenoxy) is 3. The number of methoxy groups -OCH3 is 3. The average molecular weight is 423 g/mol. The number of aromatic nitrogens is 1. The normalized spacial score (nSPS) is 10.9. The molecule has 1 amide bonds. The zero-order valence-electron chi connectivity index (χ0n) is 17.0. The molecular formula is C23H22N2O4S. The molecule has 2 aromatic carbocycles. The van der Waals surface area contributed by atoms with Gasteiger partial charge in [0, 0.05) is 17.3 Å². The van der Waals surface area contributed by atoms with Crippen molar-refractivity contribution >= 4 is 38.4 Å². The molecule has 0 saturated carbocycles. The van der Waals surface area contributed by atoms with Gasteiger partial charge in [-0.15, -0.1) is 11.3 Å². The number of fused-ring (bicyclic) bond motifs is 2. The van der Waals surface area contributed by atoms with Crippen LogP contribution >= 0.6 is 11.3 Å². The number of carbonyl (C=O) groups is 1. The molecule has 0 radical (unpaired) electrons. The number of hydrogen-bond acceptors (Lipinski definition) is 6. The van der Waals surface area contributed by atoms with Crippen molar-refractivity contribution in [3.8, 4) is 17.2 Å². The number of benzene rings is 2. The average Bonchev–Trinajstić information content (AvgIpc) is 3.19. The van der Waals surface area contributed by atoms with Crippen LogP contribution in [-0.4, -0.2) is 38.8 Å². The molecule has 30 heavy (non-hydrogen) atoms. The van der Waals surface area contributed by atoms with Gasteiger partial charge in [0.25, 0.3) is 5.91 Å². The van der Waals surface area contributed by atoms with E-state index in [9.17, 15) is 4.79 Å². The van der Waals surface area contributed by atoms with E-state index in [0.717, 1.165) is 32.4 Å². The van der Waals surface area contributed by atoms with E-state index < -0.39 is 0 Å². The van der Waals surface area contributed by atoms with Gasteiger partial charge in [0.2, 0.25) is 0 Å². The maximum absolute atomic E-state index is 12.6. The van der Waals surface area contributed by atoms with E-state index in [1.165, 1.54) is 11.3 Å². The quantitative estimate of drug-likeness (QED) is 0.477. The lowest BCUT2D eigenvalue weighted by Gasteiger charge is -2.09. The first-order chi connectivity index (χ1) is 14.6. The fourth-order valence-electron chi connectivity index (χ4n) is 3.30. The maximum Gasteiger partial charge on any atom is 0.261 e. The number of carbonyl (C=O) groups excluding carboxylic acids is 1. The Balaban J connectivity index is 1.46. The second-order valence-electron chi connectivity index (χ2n) is 6.75. The Kier molecular flexibility index (Phi) is 5.72. The molecule has 4 rings (SSSR count). The van der Waals surface area contributed by atoms with Crippen molar-refractivity contribution in [1.29, 1.82) is 0 Å². The van der Waals surface area contributed by atoms with Crippen molar-refractivity contribution in [3.63, 3.8) is 0 Å². The minimum atomic E-state index is -0.0971. The van der Waals surface area contributed by atoms with Crippen molar-refractivity contribution < 1.29 is 19.0 Å². The molecule has 0 aliphatic heterocycles. The lowest BCUT2D eigenvalue weighted by atomic mass is 10.1. The molecule has 0 saturated heterocycles. The number of nitrogens with zero attached hydrogens (tertiary/aromatic N) is 1. The van der Waals surface area contributed by atoms with Gasteiger partial charge in [-0.1, -0.05) is 6.07 Å². The smallest absolute Gasteiger partial charge is 0.261 e. The molecule has 2 aromatic heterocycles. The third-order valence-corrected chi connectivity index (χ3v) is 5.92. The SMILES string of the molecule is COc1ccc2nc3sc(C(=O)NCCc4ccc(OC)c(OC)c4)cc3cc2c1. The lowest BCUT2D eigenvalue weighted by molar-refractivity contribution is 0.0958.